The molecule has 0 fully saturated rings. The number of aromatic amines is 1. The molecule has 1 amide bonds. The van der Waals surface area contributed by atoms with E-state index in [4.69, 9.17) is 4.74 Å². The third-order valence-corrected chi connectivity index (χ3v) is 3.56. The SMILES string of the molecule is Cc1[nH]ncc1CN(C)C(=O)COc1cccc(-n2cnnn2)c1. The van der Waals surface area contributed by atoms with Crippen LogP contribution in [-0.2, 0) is 11.3 Å². The first-order valence-corrected chi connectivity index (χ1v) is 7.32. The van der Waals surface area contributed by atoms with Crippen molar-refractivity contribution in [1.82, 2.24) is 35.3 Å². The first kappa shape index (κ1) is 15.7. The van der Waals surface area contributed by atoms with Gasteiger partial charge in [0.2, 0.25) is 0 Å². The highest BCUT2D eigenvalue weighted by atomic mass is 16.5. The molecule has 0 aliphatic carbocycles. The molecule has 9 nitrogen and oxygen atoms in total. The standard InChI is InChI=1S/C15H17N7O2/c1-11-12(7-16-18-11)8-21(2)15(23)9-24-14-5-3-4-13(6-14)22-10-17-19-20-22/h3-7,10H,8-9H2,1-2H3,(H,16,18). The number of carbonyl (C=O) groups excluding carboxylic acids is 1. The number of hydrogen-bond acceptors (Lipinski definition) is 6. The van der Waals surface area contributed by atoms with Crippen LogP contribution in [-0.4, -0.2) is 54.9 Å². The lowest BCUT2D eigenvalue weighted by Gasteiger charge is -2.17. The molecule has 0 saturated carbocycles. The van der Waals surface area contributed by atoms with E-state index in [0.29, 0.717) is 12.3 Å². The Kier molecular flexibility index (Phi) is 4.50. The number of aryl methyl sites for hydroxylation is 1. The molecule has 24 heavy (non-hydrogen) atoms. The number of H-pyrrole nitrogens is 1. The number of hydrogen-bond donors (Lipinski definition) is 1. The van der Waals surface area contributed by atoms with Crippen molar-refractivity contribution < 1.29 is 9.53 Å². The number of carbonyl (C=O) groups is 1. The maximum Gasteiger partial charge on any atom is 0.260 e. The zero-order valence-corrected chi connectivity index (χ0v) is 13.4. The first-order valence-electron chi connectivity index (χ1n) is 7.32. The van der Waals surface area contributed by atoms with Crippen molar-refractivity contribution in [1.29, 1.82) is 0 Å². The van der Waals surface area contributed by atoms with Gasteiger partial charge in [0.1, 0.15) is 12.1 Å². The minimum atomic E-state index is -0.122. The molecule has 0 atom stereocenters. The number of nitrogens with zero attached hydrogens (tertiary/aromatic N) is 6. The minimum absolute atomic E-state index is 0.0491. The average molecular weight is 327 g/mol. The van der Waals surface area contributed by atoms with Crippen molar-refractivity contribution in [3.8, 4) is 11.4 Å². The summed E-state index contributed by atoms with van der Waals surface area (Å²) < 4.78 is 7.10. The molecule has 124 valence electrons. The molecule has 1 N–H and O–H groups in total. The fourth-order valence-electron chi connectivity index (χ4n) is 2.13. The predicted molar refractivity (Wildman–Crippen MR) is 84.4 cm³/mol. The van der Waals surface area contributed by atoms with Gasteiger partial charge in [0.15, 0.2) is 6.61 Å². The van der Waals surface area contributed by atoms with E-state index in [9.17, 15) is 4.79 Å². The number of benzene rings is 1. The number of tetrazole rings is 1. The van der Waals surface area contributed by atoms with Gasteiger partial charge >= 0.3 is 0 Å². The Morgan fingerprint density at radius 1 is 1.42 bits per heavy atom. The molecule has 0 spiro atoms. The van der Waals surface area contributed by atoms with Crippen LogP contribution >= 0.6 is 0 Å². The second kappa shape index (κ2) is 6.90. The van der Waals surface area contributed by atoms with Gasteiger partial charge in [0, 0.05) is 30.9 Å². The van der Waals surface area contributed by atoms with Crippen LogP contribution in [0.4, 0.5) is 0 Å². The summed E-state index contributed by atoms with van der Waals surface area (Å²) in [5.41, 5.74) is 2.68. The van der Waals surface area contributed by atoms with Gasteiger partial charge in [-0.25, -0.2) is 4.68 Å². The highest BCUT2D eigenvalue weighted by Crippen LogP contribution is 2.16. The lowest BCUT2D eigenvalue weighted by atomic mass is 10.2. The average Bonchev–Trinajstić information content (AvgIpc) is 3.25. The molecule has 0 radical (unpaired) electrons. The van der Waals surface area contributed by atoms with Gasteiger partial charge in [0.25, 0.3) is 5.91 Å². The smallest absolute Gasteiger partial charge is 0.260 e. The molecule has 0 unspecified atom stereocenters. The Morgan fingerprint density at radius 2 is 2.29 bits per heavy atom. The van der Waals surface area contributed by atoms with E-state index in [2.05, 4.69) is 25.7 Å². The Morgan fingerprint density at radius 3 is 3.00 bits per heavy atom. The minimum Gasteiger partial charge on any atom is -0.484 e. The highest BCUT2D eigenvalue weighted by molar-refractivity contribution is 5.77. The second-order valence-electron chi connectivity index (χ2n) is 5.31. The van der Waals surface area contributed by atoms with E-state index in [1.54, 1.807) is 30.3 Å². The van der Waals surface area contributed by atoms with Crippen molar-refractivity contribution >= 4 is 5.91 Å². The monoisotopic (exact) mass is 327 g/mol. The molecule has 3 rings (SSSR count). The number of aromatic nitrogens is 6. The lowest BCUT2D eigenvalue weighted by Crippen LogP contribution is -2.31. The summed E-state index contributed by atoms with van der Waals surface area (Å²) in [5, 5.41) is 17.8. The van der Waals surface area contributed by atoms with Crippen LogP contribution in [0.3, 0.4) is 0 Å². The lowest BCUT2D eigenvalue weighted by molar-refractivity contribution is -0.132. The summed E-state index contributed by atoms with van der Waals surface area (Å²) in [5.74, 6) is 0.452. The van der Waals surface area contributed by atoms with Crippen LogP contribution in [0.15, 0.2) is 36.8 Å². The third kappa shape index (κ3) is 3.57. The molecule has 0 aliphatic rings. The van der Waals surface area contributed by atoms with E-state index in [-0.39, 0.29) is 12.5 Å². The van der Waals surface area contributed by atoms with Crippen molar-refractivity contribution in [2.45, 2.75) is 13.5 Å². The summed E-state index contributed by atoms with van der Waals surface area (Å²) in [7, 11) is 1.73. The topological polar surface area (TPSA) is 102 Å². The Hall–Kier alpha value is -3.23. The van der Waals surface area contributed by atoms with Gasteiger partial charge < -0.3 is 9.64 Å². The summed E-state index contributed by atoms with van der Waals surface area (Å²) in [6, 6.07) is 7.21. The maximum atomic E-state index is 12.2. The van der Waals surface area contributed by atoms with Crippen LogP contribution in [0.25, 0.3) is 5.69 Å². The predicted octanol–water partition coefficient (Wildman–Crippen LogP) is 0.731. The molecule has 2 aromatic heterocycles. The van der Waals surface area contributed by atoms with Gasteiger partial charge in [-0.3, -0.25) is 9.89 Å². The van der Waals surface area contributed by atoms with Gasteiger partial charge in [-0.1, -0.05) is 6.07 Å². The number of ether oxygens (including phenoxy) is 1. The molecule has 0 saturated heterocycles. The van der Waals surface area contributed by atoms with Gasteiger partial charge in [-0.05, 0) is 29.5 Å². The van der Waals surface area contributed by atoms with Crippen molar-refractivity contribution in [3.63, 3.8) is 0 Å². The van der Waals surface area contributed by atoms with Crippen molar-refractivity contribution in [2.24, 2.45) is 0 Å². The molecule has 9 heteroatoms. The summed E-state index contributed by atoms with van der Waals surface area (Å²) in [4.78, 5) is 13.8. The van der Waals surface area contributed by atoms with Crippen molar-refractivity contribution in [3.05, 3.63) is 48.0 Å². The summed E-state index contributed by atoms with van der Waals surface area (Å²) in [6.07, 6.45) is 3.21. The largest absolute Gasteiger partial charge is 0.484 e. The molecule has 0 aliphatic heterocycles. The van der Waals surface area contributed by atoms with E-state index in [1.807, 2.05) is 19.1 Å². The van der Waals surface area contributed by atoms with Crippen LogP contribution in [0.5, 0.6) is 5.75 Å². The normalized spacial score (nSPS) is 10.6. The van der Waals surface area contributed by atoms with E-state index < -0.39 is 0 Å². The van der Waals surface area contributed by atoms with E-state index >= 15 is 0 Å². The number of likely N-dealkylation sites (N-methyl/N-ethyl adjacent to an activating group) is 1. The second-order valence-corrected chi connectivity index (χ2v) is 5.31. The van der Waals surface area contributed by atoms with Crippen LogP contribution in [0, 0.1) is 6.92 Å². The molecule has 3 aromatic rings. The maximum absolute atomic E-state index is 12.2. The van der Waals surface area contributed by atoms with E-state index in [1.165, 1.54) is 11.0 Å². The zero-order chi connectivity index (χ0) is 16.9. The molecule has 0 bridgehead atoms. The highest BCUT2D eigenvalue weighted by Gasteiger charge is 2.12. The number of amides is 1. The van der Waals surface area contributed by atoms with Crippen LogP contribution in [0.1, 0.15) is 11.3 Å². The quantitative estimate of drug-likeness (QED) is 0.716. The fourth-order valence-corrected chi connectivity index (χ4v) is 2.13. The van der Waals surface area contributed by atoms with Gasteiger partial charge in [-0.2, -0.15) is 5.10 Å². The molecular weight excluding hydrogens is 310 g/mol. The first-order chi connectivity index (χ1) is 11.6. The Bertz CT molecular complexity index is 813. The van der Waals surface area contributed by atoms with Gasteiger partial charge in [-0.15, -0.1) is 5.10 Å². The third-order valence-electron chi connectivity index (χ3n) is 3.56. The summed E-state index contributed by atoms with van der Waals surface area (Å²) in [6.45, 7) is 2.35. The number of rotatable bonds is 6. The van der Waals surface area contributed by atoms with Crippen molar-refractivity contribution in [2.75, 3.05) is 13.7 Å². The van der Waals surface area contributed by atoms with Crippen LogP contribution < -0.4 is 4.74 Å². The molecular formula is C15H17N7O2. The molecule has 2 heterocycles. The molecule has 1 aromatic carbocycles. The fraction of sp³-hybridized carbons (Fsp3) is 0.267. The van der Waals surface area contributed by atoms with Gasteiger partial charge in [0.05, 0.1) is 11.9 Å². The van der Waals surface area contributed by atoms with E-state index in [0.717, 1.165) is 16.9 Å². The zero-order valence-electron chi connectivity index (χ0n) is 13.4. The summed E-state index contributed by atoms with van der Waals surface area (Å²) >= 11 is 0. The number of nitrogens with one attached hydrogen (secondary N) is 1. The van der Waals surface area contributed by atoms with Crippen LogP contribution in [0.2, 0.25) is 0 Å². The Labute approximate surface area is 138 Å². The Balaban J connectivity index is 1.58.